The van der Waals surface area contributed by atoms with Gasteiger partial charge in [0.05, 0.1) is 39.9 Å². The standard InChI is InChI=1S/C47H91N2O6P/c1-6-8-10-12-14-16-18-20-21-22-23-24-25-26-27-28-29-31-33-35-37-39-41-47(51)48-45(44-55-56(52,53)54-43-42-49(3,4)5)46(50)40-38-36-34-32-30-19-17-15-13-11-9-7-2/h13,15,30,32,38,40,45-46,50H,6-12,14,16-29,31,33-37,39,41-44H2,1-5H3,(H-,48,51,52,53)/b15-13+,32-30+,40-38+. The Morgan fingerprint density at radius 1 is 0.607 bits per heavy atom. The van der Waals surface area contributed by atoms with Crippen LogP contribution in [0.3, 0.4) is 0 Å². The number of nitrogens with one attached hydrogen (secondary N) is 1. The number of carbonyl (C=O) groups excluding carboxylic acids is 1. The van der Waals surface area contributed by atoms with E-state index in [9.17, 15) is 19.4 Å². The summed E-state index contributed by atoms with van der Waals surface area (Å²) in [6.45, 7) is 4.57. The van der Waals surface area contributed by atoms with Crippen LogP contribution in [-0.4, -0.2) is 68.5 Å². The third-order valence-corrected chi connectivity index (χ3v) is 11.3. The minimum absolute atomic E-state index is 0.00801. The van der Waals surface area contributed by atoms with Gasteiger partial charge in [-0.2, -0.15) is 0 Å². The predicted octanol–water partition coefficient (Wildman–Crippen LogP) is 12.5. The highest BCUT2D eigenvalue weighted by molar-refractivity contribution is 7.45. The number of unbranched alkanes of at least 4 members (excludes halogenated alkanes) is 25. The number of phosphoric ester groups is 1. The van der Waals surface area contributed by atoms with Gasteiger partial charge in [0.25, 0.3) is 7.82 Å². The molecule has 1 amide bonds. The molecule has 0 fully saturated rings. The fourth-order valence-corrected chi connectivity index (χ4v) is 7.31. The van der Waals surface area contributed by atoms with Gasteiger partial charge in [0.1, 0.15) is 13.2 Å². The van der Waals surface area contributed by atoms with E-state index < -0.39 is 26.6 Å². The number of carbonyl (C=O) groups is 1. The molecule has 3 atom stereocenters. The minimum Gasteiger partial charge on any atom is -0.756 e. The molecule has 0 aromatic carbocycles. The van der Waals surface area contributed by atoms with E-state index in [0.717, 1.165) is 51.4 Å². The summed E-state index contributed by atoms with van der Waals surface area (Å²) >= 11 is 0. The second-order valence-corrected chi connectivity index (χ2v) is 18.5. The van der Waals surface area contributed by atoms with E-state index in [1.54, 1.807) is 6.08 Å². The van der Waals surface area contributed by atoms with Crippen molar-refractivity contribution >= 4 is 13.7 Å². The van der Waals surface area contributed by atoms with Gasteiger partial charge in [-0.3, -0.25) is 9.36 Å². The van der Waals surface area contributed by atoms with E-state index in [-0.39, 0.29) is 12.5 Å². The van der Waals surface area contributed by atoms with Gasteiger partial charge in [-0.25, -0.2) is 0 Å². The molecule has 56 heavy (non-hydrogen) atoms. The van der Waals surface area contributed by atoms with E-state index in [1.165, 1.54) is 135 Å². The summed E-state index contributed by atoms with van der Waals surface area (Å²) in [6.07, 6.45) is 47.8. The van der Waals surface area contributed by atoms with Gasteiger partial charge in [-0.05, 0) is 38.5 Å². The first kappa shape index (κ1) is 54.7. The van der Waals surface area contributed by atoms with Crippen LogP contribution in [0.5, 0.6) is 0 Å². The summed E-state index contributed by atoms with van der Waals surface area (Å²) in [5, 5.41) is 13.7. The number of aliphatic hydroxyl groups excluding tert-OH is 1. The van der Waals surface area contributed by atoms with Gasteiger partial charge in [-0.1, -0.05) is 198 Å². The summed E-state index contributed by atoms with van der Waals surface area (Å²) < 4.78 is 23.2. The molecule has 9 heteroatoms. The molecule has 0 rings (SSSR count). The van der Waals surface area contributed by atoms with Gasteiger partial charge < -0.3 is 28.8 Å². The molecule has 0 saturated carbocycles. The van der Waals surface area contributed by atoms with Crippen molar-refractivity contribution in [3.63, 3.8) is 0 Å². The molecule has 0 bridgehead atoms. The SMILES string of the molecule is CCCC/C=C/CC/C=C/CC/C=C/C(O)C(COP(=O)([O-])OCC[N+](C)(C)C)NC(=O)CCCCCCCCCCCCCCCCCCCCCCCC. The number of phosphoric acid groups is 1. The zero-order chi connectivity index (χ0) is 41.4. The fraction of sp³-hybridized carbons (Fsp3) is 0.851. The van der Waals surface area contributed by atoms with Crippen molar-refractivity contribution < 1.29 is 32.9 Å². The Labute approximate surface area is 347 Å². The Bertz CT molecular complexity index is 1010. The summed E-state index contributed by atoms with van der Waals surface area (Å²) in [5.41, 5.74) is 0. The highest BCUT2D eigenvalue weighted by atomic mass is 31.2. The van der Waals surface area contributed by atoms with Gasteiger partial charge in [0, 0.05) is 6.42 Å². The van der Waals surface area contributed by atoms with Crippen molar-refractivity contribution in [1.82, 2.24) is 5.32 Å². The van der Waals surface area contributed by atoms with Crippen molar-refractivity contribution in [3.8, 4) is 0 Å². The lowest BCUT2D eigenvalue weighted by Crippen LogP contribution is -2.45. The molecule has 0 spiro atoms. The molecule has 0 heterocycles. The van der Waals surface area contributed by atoms with Crippen molar-refractivity contribution in [2.75, 3.05) is 40.9 Å². The maximum Gasteiger partial charge on any atom is 0.268 e. The predicted molar refractivity (Wildman–Crippen MR) is 238 cm³/mol. The fourth-order valence-electron chi connectivity index (χ4n) is 6.58. The van der Waals surface area contributed by atoms with E-state index in [1.807, 2.05) is 27.2 Å². The highest BCUT2D eigenvalue weighted by Gasteiger charge is 2.23. The van der Waals surface area contributed by atoms with Gasteiger partial charge in [-0.15, -0.1) is 0 Å². The van der Waals surface area contributed by atoms with Gasteiger partial charge in [0.2, 0.25) is 5.91 Å². The molecule has 330 valence electrons. The molecule has 8 nitrogen and oxygen atoms in total. The number of hydrogen-bond acceptors (Lipinski definition) is 6. The lowest BCUT2D eigenvalue weighted by molar-refractivity contribution is -0.870. The number of amides is 1. The first-order valence-corrected chi connectivity index (χ1v) is 24.8. The number of aliphatic hydroxyl groups is 1. The van der Waals surface area contributed by atoms with Crippen molar-refractivity contribution in [2.45, 2.75) is 219 Å². The Balaban J connectivity index is 4.29. The maximum atomic E-state index is 12.9. The second-order valence-electron chi connectivity index (χ2n) is 17.1. The average molecular weight is 811 g/mol. The van der Waals surface area contributed by atoms with Crippen LogP contribution in [0.15, 0.2) is 36.5 Å². The number of hydrogen-bond donors (Lipinski definition) is 2. The van der Waals surface area contributed by atoms with Gasteiger partial charge >= 0.3 is 0 Å². The maximum absolute atomic E-state index is 12.9. The Hall–Kier alpha value is -1.28. The number of allylic oxidation sites excluding steroid dienone is 5. The third kappa shape index (κ3) is 40.9. The Morgan fingerprint density at radius 3 is 1.43 bits per heavy atom. The molecule has 0 radical (unpaired) electrons. The molecule has 0 aliphatic heterocycles. The summed E-state index contributed by atoms with van der Waals surface area (Å²) in [6, 6.07) is -0.905. The summed E-state index contributed by atoms with van der Waals surface area (Å²) in [4.78, 5) is 25.3. The van der Waals surface area contributed by atoms with Crippen LogP contribution in [-0.2, 0) is 18.4 Å². The largest absolute Gasteiger partial charge is 0.756 e. The Kier molecular flexibility index (Phi) is 38.3. The zero-order valence-electron chi connectivity index (χ0n) is 37.3. The number of rotatable bonds is 42. The van der Waals surface area contributed by atoms with Crippen LogP contribution >= 0.6 is 7.82 Å². The zero-order valence-corrected chi connectivity index (χ0v) is 38.2. The molecule has 0 aromatic rings. The lowest BCUT2D eigenvalue weighted by atomic mass is 10.0. The summed E-state index contributed by atoms with van der Waals surface area (Å²) in [5.74, 6) is -0.211. The minimum atomic E-state index is -4.59. The molecule has 0 aliphatic carbocycles. The smallest absolute Gasteiger partial charge is 0.268 e. The van der Waals surface area contributed by atoms with Crippen molar-refractivity contribution in [2.24, 2.45) is 0 Å². The quantitative estimate of drug-likeness (QED) is 0.0275. The molecular weight excluding hydrogens is 719 g/mol. The molecule has 2 N–H and O–H groups in total. The van der Waals surface area contributed by atoms with Gasteiger partial charge in [0.15, 0.2) is 0 Å². The molecule has 0 aromatic heterocycles. The van der Waals surface area contributed by atoms with E-state index in [4.69, 9.17) is 9.05 Å². The lowest BCUT2D eigenvalue weighted by Gasteiger charge is -2.29. The molecule has 0 aliphatic rings. The highest BCUT2D eigenvalue weighted by Crippen LogP contribution is 2.38. The first-order chi connectivity index (χ1) is 27.0. The molecule has 3 unspecified atom stereocenters. The van der Waals surface area contributed by atoms with Crippen LogP contribution in [0.2, 0.25) is 0 Å². The number of nitrogens with zero attached hydrogens (tertiary/aromatic N) is 1. The van der Waals surface area contributed by atoms with E-state index in [2.05, 4.69) is 43.5 Å². The van der Waals surface area contributed by atoms with E-state index >= 15 is 0 Å². The third-order valence-electron chi connectivity index (χ3n) is 10.3. The number of quaternary nitrogens is 1. The summed E-state index contributed by atoms with van der Waals surface area (Å²) in [7, 11) is 1.24. The molecule has 0 saturated heterocycles. The second kappa shape index (κ2) is 39.2. The monoisotopic (exact) mass is 811 g/mol. The van der Waals surface area contributed by atoms with Crippen LogP contribution < -0.4 is 10.2 Å². The van der Waals surface area contributed by atoms with Crippen LogP contribution in [0.1, 0.15) is 206 Å². The van der Waals surface area contributed by atoms with Crippen LogP contribution in [0.4, 0.5) is 0 Å². The van der Waals surface area contributed by atoms with Crippen LogP contribution in [0.25, 0.3) is 0 Å². The Morgan fingerprint density at radius 2 is 1.00 bits per heavy atom. The van der Waals surface area contributed by atoms with Crippen molar-refractivity contribution in [1.29, 1.82) is 0 Å². The van der Waals surface area contributed by atoms with Crippen LogP contribution in [0, 0.1) is 0 Å². The topological polar surface area (TPSA) is 108 Å². The molecular formula is C47H91N2O6P. The van der Waals surface area contributed by atoms with Crippen molar-refractivity contribution in [3.05, 3.63) is 36.5 Å². The normalized spacial score (nSPS) is 14.6. The van der Waals surface area contributed by atoms with E-state index in [0.29, 0.717) is 17.4 Å². The number of likely N-dealkylation sites (N-methyl/N-ethyl adjacent to an activating group) is 1. The average Bonchev–Trinajstić information content (AvgIpc) is 3.15. The first-order valence-electron chi connectivity index (χ1n) is 23.4.